The molecule has 0 aliphatic rings. The average Bonchev–Trinajstić information content (AvgIpc) is 3.53. The van der Waals surface area contributed by atoms with Crippen LogP contribution in [0.25, 0.3) is 33.1 Å². The van der Waals surface area contributed by atoms with Crippen LogP contribution in [-0.4, -0.2) is 30.6 Å². The van der Waals surface area contributed by atoms with Gasteiger partial charge in [-0.25, -0.2) is 4.98 Å². The third-order valence-corrected chi connectivity index (χ3v) is 6.18. The normalized spacial score (nSPS) is 12.2. The van der Waals surface area contributed by atoms with Crippen molar-refractivity contribution in [2.75, 3.05) is 5.32 Å². The van der Waals surface area contributed by atoms with Crippen LogP contribution in [-0.2, 0) is 4.79 Å². The number of amides is 1. The second-order valence-electron chi connectivity index (χ2n) is 7.04. The predicted molar refractivity (Wildman–Crippen MR) is 126 cm³/mol. The van der Waals surface area contributed by atoms with E-state index in [1.807, 2.05) is 66.0 Å². The fraction of sp³-hybridized carbons (Fsp3) is 0.0909. The van der Waals surface area contributed by atoms with Crippen molar-refractivity contribution in [1.29, 1.82) is 0 Å². The number of para-hydroxylation sites is 2. The number of nitrogens with one attached hydrogen (secondary N) is 3. The molecule has 0 fully saturated rings. The van der Waals surface area contributed by atoms with E-state index in [1.165, 1.54) is 0 Å². The number of imidazole rings is 1. The quantitative estimate of drug-likeness (QED) is 0.315. The second kappa shape index (κ2) is 7.93. The molecule has 3 heterocycles. The van der Waals surface area contributed by atoms with Gasteiger partial charge < -0.3 is 10.3 Å². The standard InChI is InChI=1S/C22H18N6OS2/c1-13(28-20(26-27-22(28)30)18-7-4-12-31-18)21(29)23-15-10-8-14(9-11-15)19-24-16-5-2-3-6-17(16)25-19/h2-13H,1H3,(H,23,29)(H,24,25)(H,27,30). The molecule has 3 N–H and O–H groups in total. The molecule has 0 bridgehead atoms. The number of hydrogen-bond acceptors (Lipinski definition) is 5. The first kappa shape index (κ1) is 19.4. The van der Waals surface area contributed by atoms with E-state index in [9.17, 15) is 4.79 Å². The largest absolute Gasteiger partial charge is 0.338 e. The number of hydrogen-bond donors (Lipinski definition) is 3. The number of aromatic amines is 2. The van der Waals surface area contributed by atoms with Crippen LogP contribution in [0.15, 0.2) is 66.0 Å². The molecule has 5 rings (SSSR count). The van der Waals surface area contributed by atoms with Crippen LogP contribution in [0.1, 0.15) is 13.0 Å². The number of carbonyl (C=O) groups is 1. The Morgan fingerprint density at radius 3 is 2.68 bits per heavy atom. The van der Waals surface area contributed by atoms with E-state index in [1.54, 1.807) is 22.8 Å². The SMILES string of the molecule is CC(C(=O)Nc1ccc(-c2nc3ccccc3[nH]2)cc1)n1c(-c2cccs2)n[nH]c1=S. The lowest BCUT2D eigenvalue weighted by molar-refractivity contribution is -0.118. The summed E-state index contributed by atoms with van der Waals surface area (Å²) < 4.78 is 2.14. The zero-order valence-corrected chi connectivity index (χ0v) is 18.1. The summed E-state index contributed by atoms with van der Waals surface area (Å²) in [5.74, 6) is 1.27. The van der Waals surface area contributed by atoms with Crippen LogP contribution in [0.2, 0.25) is 0 Å². The maximum atomic E-state index is 12.9. The van der Waals surface area contributed by atoms with Crippen molar-refractivity contribution in [3.05, 3.63) is 70.8 Å². The molecule has 0 radical (unpaired) electrons. The predicted octanol–water partition coefficient (Wildman–Crippen LogP) is 5.41. The summed E-state index contributed by atoms with van der Waals surface area (Å²) in [6, 6.07) is 18.8. The van der Waals surface area contributed by atoms with Crippen molar-refractivity contribution in [2.45, 2.75) is 13.0 Å². The number of thiophene rings is 1. The highest BCUT2D eigenvalue weighted by molar-refractivity contribution is 7.71. The van der Waals surface area contributed by atoms with Crippen molar-refractivity contribution in [3.63, 3.8) is 0 Å². The Morgan fingerprint density at radius 1 is 1.13 bits per heavy atom. The summed E-state index contributed by atoms with van der Waals surface area (Å²) in [6.45, 7) is 1.81. The molecule has 7 nitrogen and oxygen atoms in total. The number of benzene rings is 2. The van der Waals surface area contributed by atoms with Gasteiger partial charge in [-0.2, -0.15) is 5.10 Å². The maximum Gasteiger partial charge on any atom is 0.247 e. The van der Waals surface area contributed by atoms with Gasteiger partial charge in [-0.1, -0.05) is 18.2 Å². The van der Waals surface area contributed by atoms with E-state index in [0.717, 1.165) is 27.3 Å². The lowest BCUT2D eigenvalue weighted by Gasteiger charge is -2.15. The summed E-state index contributed by atoms with van der Waals surface area (Å²) in [7, 11) is 0. The molecular weight excluding hydrogens is 428 g/mol. The van der Waals surface area contributed by atoms with Crippen LogP contribution < -0.4 is 5.32 Å². The molecule has 1 atom stereocenters. The van der Waals surface area contributed by atoms with Gasteiger partial charge in [0.05, 0.1) is 15.9 Å². The summed E-state index contributed by atoms with van der Waals surface area (Å²) in [6.07, 6.45) is 0. The van der Waals surface area contributed by atoms with Gasteiger partial charge in [0.25, 0.3) is 0 Å². The third kappa shape index (κ3) is 3.69. The van der Waals surface area contributed by atoms with Crippen molar-refractivity contribution < 1.29 is 4.79 Å². The summed E-state index contributed by atoms with van der Waals surface area (Å²) in [4.78, 5) is 21.8. The molecule has 0 spiro atoms. The first-order valence-electron chi connectivity index (χ1n) is 9.67. The van der Waals surface area contributed by atoms with Gasteiger partial charge in [0.2, 0.25) is 5.91 Å². The molecule has 0 aliphatic carbocycles. The molecule has 0 aliphatic heterocycles. The van der Waals surface area contributed by atoms with Gasteiger partial charge >= 0.3 is 0 Å². The lowest BCUT2D eigenvalue weighted by atomic mass is 10.2. The van der Waals surface area contributed by atoms with Gasteiger partial charge in [0.15, 0.2) is 10.6 Å². The Balaban J connectivity index is 1.35. The first-order valence-corrected chi connectivity index (χ1v) is 11.0. The smallest absolute Gasteiger partial charge is 0.247 e. The third-order valence-electron chi connectivity index (χ3n) is 5.03. The highest BCUT2D eigenvalue weighted by Crippen LogP contribution is 2.27. The van der Waals surface area contributed by atoms with Crippen LogP contribution in [0.5, 0.6) is 0 Å². The fourth-order valence-electron chi connectivity index (χ4n) is 3.41. The van der Waals surface area contributed by atoms with Crippen molar-refractivity contribution in [3.8, 4) is 22.1 Å². The van der Waals surface area contributed by atoms with Gasteiger partial charge in [0.1, 0.15) is 11.9 Å². The summed E-state index contributed by atoms with van der Waals surface area (Å²) in [5.41, 5.74) is 3.55. The number of H-pyrrole nitrogens is 2. The Kier molecular flexibility index (Phi) is 4.97. The van der Waals surface area contributed by atoms with E-state index in [-0.39, 0.29) is 5.91 Å². The van der Waals surface area contributed by atoms with Crippen molar-refractivity contribution in [2.24, 2.45) is 0 Å². The van der Waals surface area contributed by atoms with Gasteiger partial charge in [-0.05, 0) is 67.0 Å². The average molecular weight is 447 g/mol. The minimum Gasteiger partial charge on any atom is -0.338 e. The Hall–Kier alpha value is -3.56. The number of fused-ring (bicyclic) bond motifs is 1. The van der Waals surface area contributed by atoms with Gasteiger partial charge in [-0.3, -0.25) is 14.5 Å². The van der Waals surface area contributed by atoms with E-state index in [2.05, 4.69) is 25.5 Å². The van der Waals surface area contributed by atoms with E-state index < -0.39 is 6.04 Å². The molecule has 5 aromatic rings. The Labute approximate surface area is 186 Å². The molecule has 1 unspecified atom stereocenters. The number of aromatic nitrogens is 5. The highest BCUT2D eigenvalue weighted by Gasteiger charge is 2.21. The minimum atomic E-state index is -0.529. The first-order chi connectivity index (χ1) is 15.1. The topological polar surface area (TPSA) is 91.4 Å². The lowest BCUT2D eigenvalue weighted by Crippen LogP contribution is -2.24. The molecule has 1 amide bonds. The van der Waals surface area contributed by atoms with Crippen LogP contribution >= 0.6 is 23.6 Å². The minimum absolute atomic E-state index is 0.174. The summed E-state index contributed by atoms with van der Waals surface area (Å²) >= 11 is 6.91. The molecule has 9 heteroatoms. The van der Waals surface area contributed by atoms with Crippen LogP contribution in [0.4, 0.5) is 5.69 Å². The zero-order valence-electron chi connectivity index (χ0n) is 16.5. The number of rotatable bonds is 5. The van der Waals surface area contributed by atoms with Gasteiger partial charge in [0, 0.05) is 11.3 Å². The van der Waals surface area contributed by atoms with E-state index in [0.29, 0.717) is 16.3 Å². The monoisotopic (exact) mass is 446 g/mol. The molecule has 154 valence electrons. The van der Waals surface area contributed by atoms with E-state index >= 15 is 0 Å². The highest BCUT2D eigenvalue weighted by atomic mass is 32.1. The molecule has 2 aromatic carbocycles. The second-order valence-corrected chi connectivity index (χ2v) is 8.38. The van der Waals surface area contributed by atoms with E-state index in [4.69, 9.17) is 12.2 Å². The van der Waals surface area contributed by atoms with Crippen LogP contribution in [0, 0.1) is 4.77 Å². The molecular formula is C22H18N6OS2. The molecule has 0 saturated heterocycles. The number of nitrogens with zero attached hydrogens (tertiary/aromatic N) is 3. The van der Waals surface area contributed by atoms with Crippen molar-refractivity contribution >= 4 is 46.2 Å². The molecule has 0 saturated carbocycles. The number of carbonyl (C=O) groups excluding carboxylic acids is 1. The van der Waals surface area contributed by atoms with Crippen molar-refractivity contribution in [1.82, 2.24) is 24.7 Å². The Bertz CT molecular complexity index is 1380. The summed E-state index contributed by atoms with van der Waals surface area (Å²) in [5, 5.41) is 12.0. The maximum absolute atomic E-state index is 12.9. The number of anilines is 1. The zero-order chi connectivity index (χ0) is 21.4. The van der Waals surface area contributed by atoms with Gasteiger partial charge in [-0.15, -0.1) is 11.3 Å². The molecule has 31 heavy (non-hydrogen) atoms. The molecule has 3 aromatic heterocycles. The fourth-order valence-corrected chi connectivity index (χ4v) is 4.41. The Morgan fingerprint density at radius 2 is 1.94 bits per heavy atom. The van der Waals surface area contributed by atoms with Crippen LogP contribution in [0.3, 0.4) is 0 Å².